The minimum atomic E-state index is -5.08. The van der Waals surface area contributed by atoms with E-state index in [4.69, 9.17) is 15.0 Å². The number of nitrogens with zero attached hydrogens (tertiary/aromatic N) is 2. The average molecular weight is 452 g/mol. The Hall–Kier alpha value is -4.13. The quantitative estimate of drug-likeness (QED) is 0.399. The van der Waals surface area contributed by atoms with E-state index in [1.54, 1.807) is 42.5 Å². The number of nitrogens with one attached hydrogen (secondary N) is 2. The summed E-state index contributed by atoms with van der Waals surface area (Å²) in [4.78, 5) is 40.2. The van der Waals surface area contributed by atoms with Gasteiger partial charge in [-0.1, -0.05) is 24.3 Å². The highest BCUT2D eigenvalue weighted by Crippen LogP contribution is 2.35. The second-order valence-corrected chi connectivity index (χ2v) is 6.65. The molecule has 13 heteroatoms. The minimum absolute atomic E-state index is 0.169. The molecule has 0 fully saturated rings. The molecule has 10 nitrogen and oxygen atoms in total. The monoisotopic (exact) mass is 452 g/mol. The van der Waals surface area contributed by atoms with E-state index >= 15 is 0 Å². The third-order valence-corrected chi connectivity index (χ3v) is 4.59. The van der Waals surface area contributed by atoms with Crippen molar-refractivity contribution in [3.05, 3.63) is 59.2 Å². The van der Waals surface area contributed by atoms with Crippen LogP contribution < -0.4 is 10.2 Å². The van der Waals surface area contributed by atoms with Crippen molar-refractivity contribution in [1.82, 2.24) is 15.3 Å². The lowest BCUT2D eigenvalue weighted by Gasteiger charge is -2.24. The van der Waals surface area contributed by atoms with Gasteiger partial charge in [0.25, 0.3) is 5.91 Å². The highest BCUT2D eigenvalue weighted by Gasteiger charge is 2.42. The predicted octanol–water partition coefficient (Wildman–Crippen LogP) is 2.25. The number of carboxylic acids is 1. The number of carbonyl (C=O) groups is 3. The number of carboxylic acid groups (broad SMARTS) is 2. The van der Waals surface area contributed by atoms with Gasteiger partial charge in [-0.3, -0.25) is 9.69 Å². The van der Waals surface area contributed by atoms with Crippen LogP contribution in [0.15, 0.2) is 42.5 Å². The maximum atomic E-state index is 12.1. The third kappa shape index (κ3) is 4.05. The summed E-state index contributed by atoms with van der Waals surface area (Å²) in [5.74, 6) is -2.94. The maximum absolute atomic E-state index is 12.1. The van der Waals surface area contributed by atoms with Gasteiger partial charge in [0.1, 0.15) is 0 Å². The molecule has 1 aromatic heterocycles. The highest BCUT2D eigenvalue weighted by atomic mass is 19.4. The van der Waals surface area contributed by atoms with Crippen LogP contribution in [0.1, 0.15) is 21.5 Å². The van der Waals surface area contributed by atoms with E-state index < -0.39 is 24.0 Å². The Morgan fingerprint density at radius 2 is 1.75 bits per heavy atom. The summed E-state index contributed by atoms with van der Waals surface area (Å²) in [7, 11) is 1.38. The highest BCUT2D eigenvalue weighted by molar-refractivity contribution is 6.00. The number of carbonyl (C=O) groups excluding carboxylic acids is 1. The van der Waals surface area contributed by atoms with Crippen molar-refractivity contribution < 1.29 is 42.9 Å². The van der Waals surface area contributed by atoms with E-state index in [0.29, 0.717) is 27.7 Å². The van der Waals surface area contributed by atoms with E-state index in [1.165, 1.54) is 7.05 Å². The fourth-order valence-electron chi connectivity index (χ4n) is 2.99. The zero-order valence-electron chi connectivity index (χ0n) is 16.1. The first-order valence-corrected chi connectivity index (χ1v) is 8.76. The van der Waals surface area contributed by atoms with Gasteiger partial charge in [-0.15, -0.1) is 0 Å². The third-order valence-electron chi connectivity index (χ3n) is 4.59. The molecule has 5 N–H and O–H groups in total. The molecule has 2 aromatic carbocycles. The number of hydrogen-bond acceptors (Lipinski definition) is 5. The van der Waals surface area contributed by atoms with Crippen LogP contribution in [-0.2, 0) is 10.5 Å². The normalized spacial score (nSPS) is 17.2. The Bertz CT molecular complexity index is 1230. The number of aliphatic carboxylic acids is 1. The van der Waals surface area contributed by atoms with E-state index in [9.17, 15) is 27.9 Å². The van der Waals surface area contributed by atoms with Crippen molar-refractivity contribution in [2.24, 2.45) is 0 Å². The molecule has 4 rings (SSSR count). The number of aliphatic hydroxyl groups is 1. The van der Waals surface area contributed by atoms with Gasteiger partial charge in [0.05, 0.1) is 11.0 Å². The topological polar surface area (TPSA) is 156 Å². The van der Waals surface area contributed by atoms with Crippen LogP contribution in [-0.4, -0.2) is 56.5 Å². The molecular weight excluding hydrogens is 437 g/mol. The van der Waals surface area contributed by atoms with Gasteiger partial charge < -0.3 is 25.6 Å². The number of imidazole rings is 1. The first kappa shape index (κ1) is 22.6. The first-order chi connectivity index (χ1) is 14.8. The smallest absolute Gasteiger partial charge is 0.475 e. The molecule has 3 aromatic rings. The van der Waals surface area contributed by atoms with Crippen molar-refractivity contribution in [1.29, 1.82) is 0 Å². The van der Waals surface area contributed by atoms with Crippen molar-refractivity contribution in [3.8, 4) is 0 Å². The summed E-state index contributed by atoms with van der Waals surface area (Å²) in [6.45, 7) is 0. The lowest BCUT2D eigenvalue weighted by molar-refractivity contribution is -0.192. The van der Waals surface area contributed by atoms with E-state index in [2.05, 4.69) is 15.3 Å². The number of halogens is 3. The number of benzene rings is 2. The molecule has 168 valence electrons. The summed E-state index contributed by atoms with van der Waals surface area (Å²) >= 11 is 0. The van der Waals surface area contributed by atoms with Crippen molar-refractivity contribution in [2.75, 3.05) is 11.9 Å². The minimum Gasteiger partial charge on any atom is -0.475 e. The molecule has 32 heavy (non-hydrogen) atoms. The van der Waals surface area contributed by atoms with Crippen LogP contribution in [0.3, 0.4) is 0 Å². The average Bonchev–Trinajstić information content (AvgIpc) is 3.26. The van der Waals surface area contributed by atoms with Gasteiger partial charge in [-0.25, -0.2) is 14.6 Å². The van der Waals surface area contributed by atoms with Crippen LogP contribution in [0, 0.1) is 0 Å². The van der Waals surface area contributed by atoms with Gasteiger partial charge in [0, 0.05) is 23.7 Å². The molecule has 0 saturated carbocycles. The maximum Gasteiger partial charge on any atom is 0.490 e. The van der Waals surface area contributed by atoms with Crippen molar-refractivity contribution >= 4 is 35.0 Å². The van der Waals surface area contributed by atoms with E-state index in [0.717, 1.165) is 4.90 Å². The number of amides is 2. The zero-order valence-corrected chi connectivity index (χ0v) is 16.1. The number of hydrogen-bond donors (Lipinski definition) is 5. The Labute approximate surface area is 176 Å². The van der Waals surface area contributed by atoms with E-state index in [-0.39, 0.29) is 11.9 Å². The van der Waals surface area contributed by atoms with Crippen molar-refractivity contribution in [2.45, 2.75) is 11.9 Å². The van der Waals surface area contributed by atoms with Gasteiger partial charge >= 0.3 is 18.2 Å². The zero-order chi connectivity index (χ0) is 23.8. The first-order valence-electron chi connectivity index (χ1n) is 8.76. The lowest BCUT2D eigenvalue weighted by atomic mass is 9.94. The predicted molar refractivity (Wildman–Crippen MR) is 103 cm³/mol. The molecule has 0 bridgehead atoms. The fraction of sp³-hybridized carbons (Fsp3) is 0.158. The van der Waals surface area contributed by atoms with Crippen LogP contribution in [0.25, 0.3) is 11.0 Å². The summed E-state index contributed by atoms with van der Waals surface area (Å²) in [6, 6.07) is 11.8. The van der Waals surface area contributed by atoms with Crippen molar-refractivity contribution in [3.63, 3.8) is 0 Å². The number of H-pyrrole nitrogens is 1. The summed E-state index contributed by atoms with van der Waals surface area (Å²) in [6.07, 6.45) is -6.23. The molecule has 1 aliphatic rings. The molecule has 1 unspecified atom stereocenters. The molecule has 2 heterocycles. The fourth-order valence-corrected chi connectivity index (χ4v) is 2.99. The molecular formula is C19H15F3N4O6. The van der Waals surface area contributed by atoms with Crippen LogP contribution >= 0.6 is 0 Å². The number of aromatic nitrogens is 2. The Morgan fingerprint density at radius 3 is 2.34 bits per heavy atom. The SMILES string of the molecule is CN(C(=O)O)c1nc2cc(C3(O)NC(=O)c4ccccc43)ccc2[nH]1.O=C(O)C(F)(F)F. The standard InChI is InChI=1S/C17H14N4O4.C2HF3O2/c1-21(16(23)24)15-18-12-7-6-9(8-13(12)19-15)17(25)11-5-3-2-4-10(11)14(22)20-17;3-2(4,5)1(6)7/h2-8,25H,1H3,(H,18,19)(H,20,22)(H,23,24);(H,6,7). The van der Waals surface area contributed by atoms with Crippen LogP contribution in [0.5, 0.6) is 0 Å². The van der Waals surface area contributed by atoms with Gasteiger partial charge in [-0.2, -0.15) is 13.2 Å². The Balaban J connectivity index is 0.000000360. The molecule has 1 aliphatic heterocycles. The molecule has 0 saturated heterocycles. The number of fused-ring (bicyclic) bond motifs is 2. The molecule has 0 spiro atoms. The van der Waals surface area contributed by atoms with Gasteiger partial charge in [0.2, 0.25) is 5.95 Å². The summed E-state index contributed by atoms with van der Waals surface area (Å²) in [5.41, 5.74) is 0.769. The molecule has 1 atom stereocenters. The largest absolute Gasteiger partial charge is 0.490 e. The second kappa shape index (κ2) is 7.85. The van der Waals surface area contributed by atoms with Crippen LogP contribution in [0.4, 0.5) is 23.9 Å². The number of anilines is 1. The Morgan fingerprint density at radius 1 is 1.12 bits per heavy atom. The second-order valence-electron chi connectivity index (χ2n) is 6.65. The molecule has 0 radical (unpaired) electrons. The lowest BCUT2D eigenvalue weighted by Crippen LogP contribution is -2.40. The van der Waals surface area contributed by atoms with E-state index in [1.807, 2.05) is 0 Å². The molecule has 0 aliphatic carbocycles. The van der Waals surface area contributed by atoms with Gasteiger partial charge in [0.15, 0.2) is 5.72 Å². The Kier molecular flexibility index (Phi) is 5.53. The number of alkyl halides is 3. The number of rotatable bonds is 2. The molecule has 2 amide bonds. The number of aromatic amines is 1. The summed E-state index contributed by atoms with van der Waals surface area (Å²) < 4.78 is 31.7. The summed E-state index contributed by atoms with van der Waals surface area (Å²) in [5, 5.41) is 29.8. The van der Waals surface area contributed by atoms with Crippen LogP contribution in [0.2, 0.25) is 0 Å². The van der Waals surface area contributed by atoms with Gasteiger partial charge in [-0.05, 0) is 18.2 Å².